The molecule has 0 unspecified atom stereocenters. The van der Waals surface area contributed by atoms with E-state index in [-0.39, 0.29) is 12.6 Å². The first kappa shape index (κ1) is 13.8. The van der Waals surface area contributed by atoms with Gasteiger partial charge in [-0.3, -0.25) is 0 Å². The molecule has 1 aromatic rings. The summed E-state index contributed by atoms with van der Waals surface area (Å²) in [5, 5.41) is 12.8. The Morgan fingerprint density at radius 1 is 1.38 bits per heavy atom. The van der Waals surface area contributed by atoms with E-state index in [1.165, 1.54) is 4.90 Å². The number of halogens is 1. The van der Waals surface area contributed by atoms with E-state index < -0.39 is 0 Å². The number of hydrogen-bond donors (Lipinski definition) is 2. The van der Waals surface area contributed by atoms with Crippen molar-refractivity contribution in [1.29, 1.82) is 0 Å². The molecule has 2 N–H and O–H groups in total. The number of benzene rings is 1. The molecule has 1 rings (SSSR count). The van der Waals surface area contributed by atoms with Gasteiger partial charge in [0.2, 0.25) is 0 Å². The SMILES string of the molecule is C[C@@H](CO)NCCCSc1ccc(Cl)cc1. The largest absolute Gasteiger partial charge is 0.395 e. The maximum atomic E-state index is 8.82. The van der Waals surface area contributed by atoms with Crippen molar-refractivity contribution in [1.82, 2.24) is 5.32 Å². The van der Waals surface area contributed by atoms with E-state index in [0.29, 0.717) is 0 Å². The number of hydrogen-bond acceptors (Lipinski definition) is 3. The molecule has 2 nitrogen and oxygen atoms in total. The lowest BCUT2D eigenvalue weighted by molar-refractivity contribution is 0.252. The second-order valence-electron chi connectivity index (χ2n) is 3.69. The number of aliphatic hydroxyl groups is 1. The molecule has 0 bridgehead atoms. The predicted octanol–water partition coefficient (Wildman–Crippen LogP) is 2.79. The van der Waals surface area contributed by atoms with E-state index in [4.69, 9.17) is 16.7 Å². The highest BCUT2D eigenvalue weighted by Gasteiger charge is 1.98. The Morgan fingerprint density at radius 2 is 2.06 bits per heavy atom. The zero-order chi connectivity index (χ0) is 11.8. The Hall–Kier alpha value is -0.220. The van der Waals surface area contributed by atoms with Crippen molar-refractivity contribution in [3.8, 4) is 0 Å². The van der Waals surface area contributed by atoms with Crippen LogP contribution in [0.2, 0.25) is 5.02 Å². The van der Waals surface area contributed by atoms with Gasteiger partial charge < -0.3 is 10.4 Å². The lowest BCUT2D eigenvalue weighted by Crippen LogP contribution is -2.30. The van der Waals surface area contributed by atoms with Gasteiger partial charge in [0.25, 0.3) is 0 Å². The average molecular weight is 260 g/mol. The van der Waals surface area contributed by atoms with E-state index in [1.54, 1.807) is 0 Å². The number of aliphatic hydroxyl groups excluding tert-OH is 1. The quantitative estimate of drug-likeness (QED) is 0.583. The third kappa shape index (κ3) is 5.75. The first-order chi connectivity index (χ1) is 7.72. The molecule has 1 atom stereocenters. The summed E-state index contributed by atoms with van der Waals surface area (Å²) in [4.78, 5) is 1.25. The molecular formula is C12H18ClNOS. The van der Waals surface area contributed by atoms with Crippen LogP contribution in [0.3, 0.4) is 0 Å². The monoisotopic (exact) mass is 259 g/mol. The van der Waals surface area contributed by atoms with Crippen LogP contribution < -0.4 is 5.32 Å². The van der Waals surface area contributed by atoms with Crippen LogP contribution >= 0.6 is 23.4 Å². The van der Waals surface area contributed by atoms with Gasteiger partial charge in [-0.1, -0.05) is 11.6 Å². The molecule has 0 aliphatic heterocycles. The fraction of sp³-hybridized carbons (Fsp3) is 0.500. The normalized spacial score (nSPS) is 12.7. The fourth-order valence-corrected chi connectivity index (χ4v) is 2.18. The summed E-state index contributed by atoms with van der Waals surface area (Å²) in [5.41, 5.74) is 0. The Balaban J connectivity index is 2.09. The number of thioether (sulfide) groups is 1. The van der Waals surface area contributed by atoms with E-state index in [0.717, 1.165) is 23.7 Å². The molecule has 4 heteroatoms. The molecule has 0 saturated heterocycles. The van der Waals surface area contributed by atoms with Gasteiger partial charge in [0, 0.05) is 16.0 Å². The van der Waals surface area contributed by atoms with Crippen molar-refractivity contribution in [2.24, 2.45) is 0 Å². The van der Waals surface area contributed by atoms with Gasteiger partial charge in [-0.25, -0.2) is 0 Å². The predicted molar refractivity (Wildman–Crippen MR) is 71.3 cm³/mol. The Morgan fingerprint density at radius 3 is 2.69 bits per heavy atom. The summed E-state index contributed by atoms with van der Waals surface area (Å²) in [6.07, 6.45) is 1.09. The van der Waals surface area contributed by atoms with Gasteiger partial charge >= 0.3 is 0 Å². The molecule has 0 spiro atoms. The van der Waals surface area contributed by atoms with E-state index in [2.05, 4.69) is 5.32 Å². The lowest BCUT2D eigenvalue weighted by atomic mass is 10.3. The highest BCUT2D eigenvalue weighted by molar-refractivity contribution is 7.99. The van der Waals surface area contributed by atoms with Crippen LogP contribution in [0.4, 0.5) is 0 Å². The maximum Gasteiger partial charge on any atom is 0.0581 e. The third-order valence-electron chi connectivity index (χ3n) is 2.17. The van der Waals surface area contributed by atoms with Gasteiger partial charge in [0.15, 0.2) is 0 Å². The second kappa shape index (κ2) is 7.96. The van der Waals surface area contributed by atoms with Crippen LogP contribution in [0.1, 0.15) is 13.3 Å². The number of rotatable bonds is 7. The molecule has 0 radical (unpaired) electrons. The molecule has 90 valence electrons. The van der Waals surface area contributed by atoms with Gasteiger partial charge in [0.1, 0.15) is 0 Å². The first-order valence-corrected chi connectivity index (χ1v) is 6.81. The van der Waals surface area contributed by atoms with Crippen LogP contribution in [-0.4, -0.2) is 30.1 Å². The summed E-state index contributed by atoms with van der Waals surface area (Å²) in [6.45, 7) is 3.12. The van der Waals surface area contributed by atoms with E-state index in [9.17, 15) is 0 Å². The van der Waals surface area contributed by atoms with Crippen LogP contribution in [0.15, 0.2) is 29.2 Å². The van der Waals surface area contributed by atoms with Crippen molar-refractivity contribution < 1.29 is 5.11 Å². The van der Waals surface area contributed by atoms with Crippen LogP contribution in [0.25, 0.3) is 0 Å². The van der Waals surface area contributed by atoms with Crippen molar-refractivity contribution in [3.63, 3.8) is 0 Å². The second-order valence-corrected chi connectivity index (χ2v) is 5.30. The van der Waals surface area contributed by atoms with E-state index >= 15 is 0 Å². The molecule has 0 aromatic heterocycles. The smallest absolute Gasteiger partial charge is 0.0581 e. The molecule has 0 aliphatic carbocycles. The molecule has 0 saturated carbocycles. The van der Waals surface area contributed by atoms with Crippen LogP contribution in [0.5, 0.6) is 0 Å². The fourth-order valence-electron chi connectivity index (χ4n) is 1.21. The van der Waals surface area contributed by atoms with Crippen molar-refractivity contribution in [2.45, 2.75) is 24.3 Å². The minimum atomic E-state index is 0.195. The highest BCUT2D eigenvalue weighted by Crippen LogP contribution is 2.20. The van der Waals surface area contributed by atoms with Crippen molar-refractivity contribution in [3.05, 3.63) is 29.3 Å². The molecule has 16 heavy (non-hydrogen) atoms. The first-order valence-electron chi connectivity index (χ1n) is 5.45. The molecule has 0 fully saturated rings. The Bertz CT molecular complexity index is 292. The standard InChI is InChI=1S/C12H18ClNOS/c1-10(9-15)14-7-2-8-16-12-5-3-11(13)4-6-12/h3-6,10,14-15H,2,7-9H2,1H3/t10-/m0/s1. The van der Waals surface area contributed by atoms with E-state index in [1.807, 2.05) is 43.0 Å². The summed E-state index contributed by atoms with van der Waals surface area (Å²) in [5.74, 6) is 1.08. The van der Waals surface area contributed by atoms with Gasteiger partial charge in [-0.15, -0.1) is 11.8 Å². The Labute approximate surface area is 106 Å². The minimum absolute atomic E-state index is 0.195. The summed E-state index contributed by atoms with van der Waals surface area (Å²) in [6, 6.07) is 8.10. The molecule has 0 aliphatic rings. The van der Waals surface area contributed by atoms with Crippen molar-refractivity contribution >= 4 is 23.4 Å². The molecular weight excluding hydrogens is 242 g/mol. The zero-order valence-electron chi connectivity index (χ0n) is 9.45. The summed E-state index contributed by atoms with van der Waals surface area (Å²) in [7, 11) is 0. The van der Waals surface area contributed by atoms with Crippen LogP contribution in [-0.2, 0) is 0 Å². The van der Waals surface area contributed by atoms with Gasteiger partial charge in [0.05, 0.1) is 6.61 Å². The summed E-state index contributed by atoms with van der Waals surface area (Å²) >= 11 is 7.63. The zero-order valence-corrected chi connectivity index (χ0v) is 11.0. The average Bonchev–Trinajstić information content (AvgIpc) is 2.31. The minimum Gasteiger partial charge on any atom is -0.395 e. The van der Waals surface area contributed by atoms with Crippen molar-refractivity contribution in [2.75, 3.05) is 18.9 Å². The topological polar surface area (TPSA) is 32.3 Å². The maximum absolute atomic E-state index is 8.82. The summed E-state index contributed by atoms with van der Waals surface area (Å²) < 4.78 is 0. The number of nitrogens with one attached hydrogen (secondary N) is 1. The molecule has 0 heterocycles. The van der Waals surface area contributed by atoms with Gasteiger partial charge in [-0.2, -0.15) is 0 Å². The molecule has 0 amide bonds. The van der Waals surface area contributed by atoms with Gasteiger partial charge in [-0.05, 0) is 49.9 Å². The lowest BCUT2D eigenvalue weighted by Gasteiger charge is -2.09. The highest BCUT2D eigenvalue weighted by atomic mass is 35.5. The van der Waals surface area contributed by atoms with Crippen LogP contribution in [0, 0.1) is 0 Å². The Kier molecular flexibility index (Phi) is 6.88. The third-order valence-corrected chi connectivity index (χ3v) is 3.52. The molecule has 1 aromatic carbocycles.